The summed E-state index contributed by atoms with van der Waals surface area (Å²) >= 11 is 0. The van der Waals surface area contributed by atoms with Crippen LogP contribution in [0.15, 0.2) is 18.2 Å². The highest BCUT2D eigenvalue weighted by molar-refractivity contribution is 5.41. The van der Waals surface area contributed by atoms with Gasteiger partial charge in [0.1, 0.15) is 0 Å². The molecule has 4 heteroatoms. The number of ether oxygens (including phenoxy) is 1. The molecule has 0 radical (unpaired) electrons. The minimum atomic E-state index is -0.000916. The van der Waals surface area contributed by atoms with E-state index in [2.05, 4.69) is 11.4 Å². The molecule has 86 valence electrons. The van der Waals surface area contributed by atoms with Crippen molar-refractivity contribution in [2.45, 2.75) is 13.5 Å². The van der Waals surface area contributed by atoms with Gasteiger partial charge in [0.15, 0.2) is 11.5 Å². The van der Waals surface area contributed by atoms with E-state index in [1.54, 1.807) is 12.1 Å². The predicted molar refractivity (Wildman–Crippen MR) is 61.1 cm³/mol. The van der Waals surface area contributed by atoms with Crippen molar-refractivity contribution in [3.63, 3.8) is 0 Å². The van der Waals surface area contributed by atoms with Crippen molar-refractivity contribution in [3.05, 3.63) is 23.8 Å². The van der Waals surface area contributed by atoms with Gasteiger partial charge in [-0.15, -0.1) is 0 Å². The first-order valence-corrected chi connectivity index (χ1v) is 5.13. The SMILES string of the molecule is COc1cc(CNCC(C)C#N)ccc1O. The Kier molecular flexibility index (Phi) is 4.62. The molecule has 0 saturated carbocycles. The first kappa shape index (κ1) is 12.3. The summed E-state index contributed by atoms with van der Waals surface area (Å²) in [5, 5.41) is 21.2. The topological polar surface area (TPSA) is 65.3 Å². The number of nitriles is 1. The lowest BCUT2D eigenvalue weighted by atomic mass is 10.2. The highest BCUT2D eigenvalue weighted by Crippen LogP contribution is 2.26. The summed E-state index contributed by atoms with van der Waals surface area (Å²) in [5.41, 5.74) is 1.01. The Morgan fingerprint density at radius 3 is 2.94 bits per heavy atom. The summed E-state index contributed by atoms with van der Waals surface area (Å²) in [6.45, 7) is 3.17. The fourth-order valence-electron chi connectivity index (χ4n) is 1.31. The summed E-state index contributed by atoms with van der Waals surface area (Å²) in [4.78, 5) is 0. The van der Waals surface area contributed by atoms with Crippen molar-refractivity contribution < 1.29 is 9.84 Å². The summed E-state index contributed by atoms with van der Waals surface area (Å²) in [5.74, 6) is 0.600. The first-order chi connectivity index (χ1) is 7.67. The summed E-state index contributed by atoms with van der Waals surface area (Å²) in [6, 6.07) is 7.35. The summed E-state index contributed by atoms with van der Waals surface area (Å²) < 4.78 is 5.00. The number of hydrogen-bond acceptors (Lipinski definition) is 4. The van der Waals surface area contributed by atoms with Gasteiger partial charge in [-0.3, -0.25) is 0 Å². The number of aromatic hydroxyl groups is 1. The standard InChI is InChI=1S/C12H16N2O2/c1-9(6-13)7-14-8-10-3-4-11(15)12(5-10)16-2/h3-5,9,14-15H,7-8H2,1-2H3. The molecule has 4 nitrogen and oxygen atoms in total. The molecule has 0 aromatic heterocycles. The minimum Gasteiger partial charge on any atom is -0.504 e. The molecule has 0 amide bonds. The van der Waals surface area contributed by atoms with Gasteiger partial charge in [-0.1, -0.05) is 6.07 Å². The molecule has 16 heavy (non-hydrogen) atoms. The lowest BCUT2D eigenvalue weighted by Crippen LogP contribution is -2.19. The van der Waals surface area contributed by atoms with E-state index in [0.29, 0.717) is 18.8 Å². The van der Waals surface area contributed by atoms with E-state index in [9.17, 15) is 5.11 Å². The van der Waals surface area contributed by atoms with Crippen molar-refractivity contribution in [2.75, 3.05) is 13.7 Å². The first-order valence-electron chi connectivity index (χ1n) is 5.13. The maximum absolute atomic E-state index is 9.40. The van der Waals surface area contributed by atoms with Crippen LogP contribution in [-0.2, 0) is 6.54 Å². The van der Waals surface area contributed by atoms with Crippen LogP contribution in [0.25, 0.3) is 0 Å². The van der Waals surface area contributed by atoms with E-state index in [1.165, 1.54) is 7.11 Å². The van der Waals surface area contributed by atoms with E-state index >= 15 is 0 Å². The Morgan fingerprint density at radius 2 is 2.31 bits per heavy atom. The number of rotatable bonds is 5. The van der Waals surface area contributed by atoms with Crippen molar-refractivity contribution in [3.8, 4) is 17.6 Å². The second-order valence-corrected chi connectivity index (χ2v) is 3.67. The quantitative estimate of drug-likeness (QED) is 0.792. The van der Waals surface area contributed by atoms with Gasteiger partial charge in [-0.25, -0.2) is 0 Å². The Morgan fingerprint density at radius 1 is 1.56 bits per heavy atom. The van der Waals surface area contributed by atoms with Gasteiger partial charge in [-0.2, -0.15) is 5.26 Å². The van der Waals surface area contributed by atoms with Crippen LogP contribution in [-0.4, -0.2) is 18.8 Å². The lowest BCUT2D eigenvalue weighted by molar-refractivity contribution is 0.372. The van der Waals surface area contributed by atoms with Crippen molar-refractivity contribution >= 4 is 0 Å². The van der Waals surface area contributed by atoms with Gasteiger partial charge in [0.25, 0.3) is 0 Å². The molecule has 2 N–H and O–H groups in total. The Labute approximate surface area is 95.5 Å². The summed E-state index contributed by atoms with van der Waals surface area (Å²) in [6.07, 6.45) is 0. The van der Waals surface area contributed by atoms with E-state index in [4.69, 9.17) is 10.00 Å². The fraction of sp³-hybridized carbons (Fsp3) is 0.417. The highest BCUT2D eigenvalue weighted by Gasteiger charge is 2.03. The van der Waals surface area contributed by atoms with E-state index in [0.717, 1.165) is 5.56 Å². The Balaban J connectivity index is 2.52. The van der Waals surface area contributed by atoms with Crippen LogP contribution in [0.5, 0.6) is 11.5 Å². The smallest absolute Gasteiger partial charge is 0.160 e. The second-order valence-electron chi connectivity index (χ2n) is 3.67. The number of nitrogens with zero attached hydrogens (tertiary/aromatic N) is 1. The predicted octanol–water partition coefficient (Wildman–Crippen LogP) is 1.65. The molecule has 1 rings (SSSR count). The number of nitrogens with one attached hydrogen (secondary N) is 1. The molecule has 0 aliphatic rings. The van der Waals surface area contributed by atoms with Crippen LogP contribution in [0.1, 0.15) is 12.5 Å². The maximum atomic E-state index is 9.40. The monoisotopic (exact) mass is 220 g/mol. The average Bonchev–Trinajstić information content (AvgIpc) is 2.31. The van der Waals surface area contributed by atoms with Crippen LogP contribution in [0.4, 0.5) is 0 Å². The molecule has 0 aliphatic heterocycles. The zero-order valence-electron chi connectivity index (χ0n) is 9.53. The summed E-state index contributed by atoms with van der Waals surface area (Å²) in [7, 11) is 1.52. The van der Waals surface area contributed by atoms with Gasteiger partial charge >= 0.3 is 0 Å². The molecule has 0 bridgehead atoms. The molecule has 1 atom stereocenters. The molecule has 0 heterocycles. The van der Waals surface area contributed by atoms with E-state index < -0.39 is 0 Å². The number of hydrogen-bond donors (Lipinski definition) is 2. The molecular formula is C12H16N2O2. The number of methoxy groups -OCH3 is 1. The molecule has 0 saturated heterocycles. The van der Waals surface area contributed by atoms with Crippen LogP contribution in [0, 0.1) is 17.2 Å². The largest absolute Gasteiger partial charge is 0.504 e. The zero-order valence-corrected chi connectivity index (χ0v) is 9.53. The fourth-order valence-corrected chi connectivity index (χ4v) is 1.31. The molecule has 1 aromatic carbocycles. The molecule has 1 aromatic rings. The minimum absolute atomic E-state index is 0.000916. The second kappa shape index (κ2) is 5.99. The number of phenolic OH excluding ortho intramolecular Hbond substituents is 1. The highest BCUT2D eigenvalue weighted by atomic mass is 16.5. The van der Waals surface area contributed by atoms with Crippen LogP contribution < -0.4 is 10.1 Å². The molecular weight excluding hydrogens is 204 g/mol. The number of benzene rings is 1. The van der Waals surface area contributed by atoms with Gasteiger partial charge < -0.3 is 15.2 Å². The molecule has 0 spiro atoms. The molecule has 0 aliphatic carbocycles. The third kappa shape index (κ3) is 3.44. The van der Waals surface area contributed by atoms with E-state index in [-0.39, 0.29) is 11.7 Å². The van der Waals surface area contributed by atoms with Gasteiger partial charge in [0, 0.05) is 13.1 Å². The van der Waals surface area contributed by atoms with Crippen molar-refractivity contribution in [1.29, 1.82) is 5.26 Å². The van der Waals surface area contributed by atoms with Gasteiger partial charge in [0.05, 0.1) is 19.1 Å². The van der Waals surface area contributed by atoms with Crippen LogP contribution >= 0.6 is 0 Å². The Bertz CT molecular complexity index is 385. The van der Waals surface area contributed by atoms with Gasteiger partial charge in [0.2, 0.25) is 0 Å². The van der Waals surface area contributed by atoms with Crippen LogP contribution in [0.3, 0.4) is 0 Å². The molecule has 0 fully saturated rings. The van der Waals surface area contributed by atoms with Crippen LogP contribution in [0.2, 0.25) is 0 Å². The zero-order chi connectivity index (χ0) is 12.0. The third-order valence-electron chi connectivity index (χ3n) is 2.24. The maximum Gasteiger partial charge on any atom is 0.160 e. The van der Waals surface area contributed by atoms with Gasteiger partial charge in [-0.05, 0) is 24.6 Å². The average molecular weight is 220 g/mol. The van der Waals surface area contributed by atoms with Crippen molar-refractivity contribution in [1.82, 2.24) is 5.32 Å². The normalized spacial score (nSPS) is 11.8. The van der Waals surface area contributed by atoms with Crippen molar-refractivity contribution in [2.24, 2.45) is 5.92 Å². The molecule has 1 unspecified atom stereocenters. The van der Waals surface area contributed by atoms with E-state index in [1.807, 2.05) is 13.0 Å². The lowest BCUT2D eigenvalue weighted by Gasteiger charge is -2.08. The number of phenols is 1. The third-order valence-corrected chi connectivity index (χ3v) is 2.24. The Hall–Kier alpha value is -1.73.